The molecule has 100 valence electrons. The molecule has 1 aromatic rings. The van der Waals surface area contributed by atoms with Crippen molar-refractivity contribution in [2.24, 2.45) is 5.73 Å². The van der Waals surface area contributed by atoms with Crippen LogP contribution in [0.5, 0.6) is 5.75 Å². The van der Waals surface area contributed by atoms with E-state index in [-0.39, 0.29) is 24.4 Å². The Kier molecular flexibility index (Phi) is 5.65. The molecule has 0 heterocycles. The minimum Gasteiger partial charge on any atom is -0.491 e. The average molecular weight is 251 g/mol. The molecule has 1 unspecified atom stereocenters. The van der Waals surface area contributed by atoms with Crippen molar-refractivity contribution in [1.29, 1.82) is 0 Å². The van der Waals surface area contributed by atoms with Crippen molar-refractivity contribution in [1.82, 2.24) is 0 Å². The predicted molar refractivity (Wildman–Crippen MR) is 70.6 cm³/mol. The molecule has 0 aliphatic carbocycles. The highest BCUT2D eigenvalue weighted by atomic mass is 16.5. The van der Waals surface area contributed by atoms with Crippen LogP contribution in [0.2, 0.25) is 0 Å². The molecule has 0 amide bonds. The number of hydrogen-bond donors (Lipinski definition) is 1. The SMILES string of the molecule is COC(=O)CC(CN)c1cccc(OC(C)C)c1. The van der Waals surface area contributed by atoms with Crippen molar-refractivity contribution >= 4 is 5.97 Å². The first-order valence-corrected chi connectivity index (χ1v) is 6.10. The van der Waals surface area contributed by atoms with E-state index in [0.717, 1.165) is 11.3 Å². The predicted octanol–water partition coefficient (Wildman–Crippen LogP) is 2.08. The molecule has 1 aromatic carbocycles. The Morgan fingerprint density at radius 3 is 2.67 bits per heavy atom. The van der Waals surface area contributed by atoms with Crippen molar-refractivity contribution in [3.63, 3.8) is 0 Å². The maximum Gasteiger partial charge on any atom is 0.306 e. The summed E-state index contributed by atoms with van der Waals surface area (Å²) < 4.78 is 10.3. The summed E-state index contributed by atoms with van der Waals surface area (Å²) in [5, 5.41) is 0. The fourth-order valence-electron chi connectivity index (χ4n) is 1.74. The van der Waals surface area contributed by atoms with Gasteiger partial charge in [0.2, 0.25) is 0 Å². The Labute approximate surface area is 108 Å². The standard InChI is InChI=1S/C14H21NO3/c1-10(2)18-13-6-4-5-11(7-13)12(9-15)8-14(16)17-3/h4-7,10,12H,8-9,15H2,1-3H3. The van der Waals surface area contributed by atoms with Gasteiger partial charge in [-0.3, -0.25) is 4.79 Å². The summed E-state index contributed by atoms with van der Waals surface area (Å²) in [6.45, 7) is 4.35. The molecule has 0 fully saturated rings. The molecule has 0 aliphatic rings. The number of carbonyl (C=O) groups excluding carboxylic acids is 1. The van der Waals surface area contributed by atoms with Crippen molar-refractivity contribution in [3.8, 4) is 5.75 Å². The van der Waals surface area contributed by atoms with Crippen LogP contribution in [-0.2, 0) is 9.53 Å². The van der Waals surface area contributed by atoms with Crippen LogP contribution in [0, 0.1) is 0 Å². The highest BCUT2D eigenvalue weighted by Crippen LogP contribution is 2.23. The number of hydrogen-bond acceptors (Lipinski definition) is 4. The van der Waals surface area contributed by atoms with Crippen LogP contribution in [0.15, 0.2) is 24.3 Å². The van der Waals surface area contributed by atoms with Gasteiger partial charge < -0.3 is 15.2 Å². The minimum absolute atomic E-state index is 0.0341. The summed E-state index contributed by atoms with van der Waals surface area (Å²) in [4.78, 5) is 11.3. The molecule has 4 nitrogen and oxygen atoms in total. The van der Waals surface area contributed by atoms with Gasteiger partial charge in [-0.1, -0.05) is 12.1 Å². The lowest BCUT2D eigenvalue weighted by Gasteiger charge is -2.16. The van der Waals surface area contributed by atoms with Crippen LogP contribution in [0.4, 0.5) is 0 Å². The molecule has 0 spiro atoms. The summed E-state index contributed by atoms with van der Waals surface area (Å²) in [5.41, 5.74) is 6.71. The highest BCUT2D eigenvalue weighted by molar-refractivity contribution is 5.70. The van der Waals surface area contributed by atoms with E-state index in [4.69, 9.17) is 10.5 Å². The average Bonchev–Trinajstić information content (AvgIpc) is 2.35. The normalized spacial score (nSPS) is 12.3. The summed E-state index contributed by atoms with van der Waals surface area (Å²) >= 11 is 0. The lowest BCUT2D eigenvalue weighted by molar-refractivity contribution is -0.141. The maximum absolute atomic E-state index is 11.3. The lowest BCUT2D eigenvalue weighted by Crippen LogP contribution is -2.17. The van der Waals surface area contributed by atoms with Crippen LogP contribution >= 0.6 is 0 Å². The second-order valence-corrected chi connectivity index (χ2v) is 4.45. The third-order valence-corrected chi connectivity index (χ3v) is 2.63. The van der Waals surface area contributed by atoms with E-state index in [1.807, 2.05) is 38.1 Å². The molecule has 0 saturated carbocycles. The summed E-state index contributed by atoms with van der Waals surface area (Å²) in [6.07, 6.45) is 0.412. The van der Waals surface area contributed by atoms with Crippen molar-refractivity contribution in [2.75, 3.05) is 13.7 Å². The molecule has 0 saturated heterocycles. The molecule has 2 N–H and O–H groups in total. The molecular formula is C14H21NO3. The van der Waals surface area contributed by atoms with E-state index in [2.05, 4.69) is 4.74 Å². The summed E-state index contributed by atoms with van der Waals surface area (Å²) in [6, 6.07) is 7.69. The van der Waals surface area contributed by atoms with Gasteiger partial charge in [-0.25, -0.2) is 0 Å². The second-order valence-electron chi connectivity index (χ2n) is 4.45. The quantitative estimate of drug-likeness (QED) is 0.786. The van der Waals surface area contributed by atoms with E-state index >= 15 is 0 Å². The zero-order chi connectivity index (χ0) is 13.5. The maximum atomic E-state index is 11.3. The third-order valence-electron chi connectivity index (χ3n) is 2.63. The Balaban J connectivity index is 2.82. The summed E-state index contributed by atoms with van der Waals surface area (Å²) in [5.74, 6) is 0.514. The van der Waals surface area contributed by atoms with Gasteiger partial charge in [0, 0.05) is 5.92 Å². The van der Waals surface area contributed by atoms with E-state index in [0.29, 0.717) is 6.54 Å². The molecule has 0 bridgehead atoms. The van der Waals surface area contributed by atoms with E-state index < -0.39 is 0 Å². The van der Waals surface area contributed by atoms with E-state index in [9.17, 15) is 4.79 Å². The Bertz CT molecular complexity index is 390. The van der Waals surface area contributed by atoms with Crippen molar-refractivity contribution in [3.05, 3.63) is 29.8 Å². The largest absolute Gasteiger partial charge is 0.491 e. The van der Waals surface area contributed by atoms with Gasteiger partial charge in [-0.2, -0.15) is 0 Å². The molecular weight excluding hydrogens is 230 g/mol. The van der Waals surface area contributed by atoms with Gasteiger partial charge in [-0.15, -0.1) is 0 Å². The van der Waals surface area contributed by atoms with Gasteiger partial charge in [-0.05, 0) is 38.1 Å². The number of nitrogens with two attached hydrogens (primary N) is 1. The molecule has 1 atom stereocenters. The molecule has 0 aliphatic heterocycles. The fourth-order valence-corrected chi connectivity index (χ4v) is 1.74. The zero-order valence-electron chi connectivity index (χ0n) is 11.2. The highest BCUT2D eigenvalue weighted by Gasteiger charge is 2.15. The van der Waals surface area contributed by atoms with Gasteiger partial charge in [0.15, 0.2) is 0 Å². The first-order valence-electron chi connectivity index (χ1n) is 6.10. The topological polar surface area (TPSA) is 61.5 Å². The monoisotopic (exact) mass is 251 g/mol. The molecule has 18 heavy (non-hydrogen) atoms. The lowest BCUT2D eigenvalue weighted by atomic mass is 9.96. The number of rotatable bonds is 6. The molecule has 4 heteroatoms. The van der Waals surface area contributed by atoms with E-state index in [1.54, 1.807) is 0 Å². The molecule has 0 aromatic heterocycles. The first-order chi connectivity index (χ1) is 8.56. The fraction of sp³-hybridized carbons (Fsp3) is 0.500. The number of carbonyl (C=O) groups is 1. The Morgan fingerprint density at radius 2 is 2.11 bits per heavy atom. The Hall–Kier alpha value is -1.55. The number of benzene rings is 1. The summed E-state index contributed by atoms with van der Waals surface area (Å²) in [7, 11) is 1.38. The Morgan fingerprint density at radius 1 is 1.39 bits per heavy atom. The number of methoxy groups -OCH3 is 1. The first kappa shape index (κ1) is 14.5. The van der Waals surface area contributed by atoms with Crippen LogP contribution in [0.1, 0.15) is 31.7 Å². The zero-order valence-corrected chi connectivity index (χ0v) is 11.2. The number of esters is 1. The van der Waals surface area contributed by atoms with Crippen molar-refractivity contribution in [2.45, 2.75) is 32.3 Å². The molecule has 1 rings (SSSR count). The number of ether oxygens (including phenoxy) is 2. The second kappa shape index (κ2) is 7.01. The van der Waals surface area contributed by atoms with Crippen LogP contribution in [-0.4, -0.2) is 25.7 Å². The van der Waals surface area contributed by atoms with Crippen molar-refractivity contribution < 1.29 is 14.3 Å². The van der Waals surface area contributed by atoms with Gasteiger partial charge in [0.25, 0.3) is 0 Å². The van der Waals surface area contributed by atoms with Crippen LogP contribution in [0.3, 0.4) is 0 Å². The smallest absolute Gasteiger partial charge is 0.306 e. The van der Waals surface area contributed by atoms with Gasteiger partial charge >= 0.3 is 5.97 Å². The third kappa shape index (κ3) is 4.37. The van der Waals surface area contributed by atoms with E-state index in [1.165, 1.54) is 7.11 Å². The van der Waals surface area contributed by atoms with Crippen LogP contribution in [0.25, 0.3) is 0 Å². The van der Waals surface area contributed by atoms with Crippen LogP contribution < -0.4 is 10.5 Å². The van der Waals surface area contributed by atoms with Gasteiger partial charge in [0.05, 0.1) is 19.6 Å². The molecule has 0 radical (unpaired) electrons. The van der Waals surface area contributed by atoms with Gasteiger partial charge in [0.1, 0.15) is 5.75 Å². The minimum atomic E-state index is -0.249.